The van der Waals surface area contributed by atoms with Gasteiger partial charge in [0.1, 0.15) is 23.8 Å². The molecule has 0 saturated carbocycles. The van der Waals surface area contributed by atoms with Gasteiger partial charge < -0.3 is 14.2 Å². The largest absolute Gasteiger partial charge is 0.492 e. The van der Waals surface area contributed by atoms with Crippen molar-refractivity contribution >= 4 is 24.0 Å². The molecule has 1 aliphatic heterocycles. The lowest BCUT2D eigenvalue weighted by Crippen LogP contribution is -2.45. The van der Waals surface area contributed by atoms with Crippen LogP contribution < -0.4 is 9.64 Å². The molecule has 2 aromatic rings. The summed E-state index contributed by atoms with van der Waals surface area (Å²) in [7, 11) is 0. The minimum Gasteiger partial charge on any atom is -0.492 e. The summed E-state index contributed by atoms with van der Waals surface area (Å²) in [5.41, 5.74) is 0.108. The maximum atomic E-state index is 13.2. The van der Waals surface area contributed by atoms with Gasteiger partial charge in [-0.05, 0) is 70.0 Å². The van der Waals surface area contributed by atoms with Crippen LogP contribution in [0.4, 0.5) is 10.6 Å². The standard InChI is InChI=1S/C27H35N3O5/c1-5-33-25(31)14-12-21-11-13-24(28-19-21)30(26(32)35-27(2,3)4)22-15-16-29(20-22)17-18-34-23-9-7-6-8-10-23/h6-14,19,22H,5,15-18,20H2,1-4H3/t22-/m1/s1. The van der Waals surface area contributed by atoms with Gasteiger partial charge in [0, 0.05) is 31.9 Å². The molecule has 3 rings (SSSR count). The minimum absolute atomic E-state index is 0.0741. The Hall–Kier alpha value is -3.39. The molecule has 0 unspecified atom stereocenters. The van der Waals surface area contributed by atoms with E-state index in [0.717, 1.165) is 30.8 Å². The number of anilines is 1. The first-order valence-corrected chi connectivity index (χ1v) is 12.0. The third-order valence-corrected chi connectivity index (χ3v) is 5.34. The van der Waals surface area contributed by atoms with Crippen molar-refractivity contribution < 1.29 is 23.8 Å². The first-order valence-electron chi connectivity index (χ1n) is 12.0. The lowest BCUT2D eigenvalue weighted by Gasteiger charge is -2.31. The number of amides is 1. The highest BCUT2D eigenvalue weighted by Crippen LogP contribution is 2.25. The van der Waals surface area contributed by atoms with Gasteiger partial charge in [-0.25, -0.2) is 14.6 Å². The van der Waals surface area contributed by atoms with E-state index in [1.807, 2.05) is 57.2 Å². The topological polar surface area (TPSA) is 81.2 Å². The minimum atomic E-state index is -0.626. The van der Waals surface area contributed by atoms with E-state index in [-0.39, 0.29) is 6.04 Å². The third-order valence-electron chi connectivity index (χ3n) is 5.34. The van der Waals surface area contributed by atoms with Gasteiger partial charge in [0.25, 0.3) is 0 Å². The van der Waals surface area contributed by atoms with Crippen molar-refractivity contribution in [2.45, 2.75) is 45.8 Å². The second-order valence-corrected chi connectivity index (χ2v) is 9.29. The van der Waals surface area contributed by atoms with Crippen LogP contribution >= 0.6 is 0 Å². The molecule has 1 aromatic heterocycles. The summed E-state index contributed by atoms with van der Waals surface area (Å²) in [4.78, 5) is 33.2. The quantitative estimate of drug-likeness (QED) is 0.384. The number of benzene rings is 1. The van der Waals surface area contributed by atoms with Crippen LogP contribution in [0.15, 0.2) is 54.7 Å². The molecule has 188 valence electrons. The number of carbonyl (C=O) groups is 2. The molecular formula is C27H35N3O5. The Labute approximate surface area is 207 Å². The lowest BCUT2D eigenvalue weighted by molar-refractivity contribution is -0.137. The van der Waals surface area contributed by atoms with Gasteiger partial charge in [-0.1, -0.05) is 18.2 Å². The van der Waals surface area contributed by atoms with Crippen molar-refractivity contribution in [1.82, 2.24) is 9.88 Å². The highest BCUT2D eigenvalue weighted by Gasteiger charge is 2.35. The number of carbonyl (C=O) groups excluding carboxylic acids is 2. The number of aromatic nitrogens is 1. The summed E-state index contributed by atoms with van der Waals surface area (Å²) in [6, 6.07) is 13.2. The molecule has 8 nitrogen and oxygen atoms in total. The number of rotatable bonds is 9. The van der Waals surface area contributed by atoms with Crippen LogP contribution in [0.25, 0.3) is 6.08 Å². The molecular weight excluding hydrogens is 446 g/mol. The molecule has 0 aliphatic carbocycles. The molecule has 1 aromatic carbocycles. The fourth-order valence-electron chi connectivity index (χ4n) is 3.77. The highest BCUT2D eigenvalue weighted by atomic mass is 16.6. The van der Waals surface area contributed by atoms with E-state index in [1.165, 1.54) is 6.08 Å². The fourth-order valence-corrected chi connectivity index (χ4v) is 3.77. The van der Waals surface area contributed by atoms with Gasteiger partial charge in [0.05, 0.1) is 12.6 Å². The zero-order valence-electron chi connectivity index (χ0n) is 21.0. The van der Waals surface area contributed by atoms with Gasteiger partial charge in [0.2, 0.25) is 0 Å². The molecule has 0 bridgehead atoms. The number of nitrogens with zero attached hydrogens (tertiary/aromatic N) is 3. The smallest absolute Gasteiger partial charge is 0.416 e. The lowest BCUT2D eigenvalue weighted by atomic mass is 10.2. The van der Waals surface area contributed by atoms with E-state index in [2.05, 4.69) is 9.88 Å². The second-order valence-electron chi connectivity index (χ2n) is 9.29. The van der Waals surface area contributed by atoms with E-state index in [9.17, 15) is 9.59 Å². The Morgan fingerprint density at radius 3 is 2.60 bits per heavy atom. The van der Waals surface area contributed by atoms with Crippen LogP contribution in [0, 0.1) is 0 Å². The molecule has 8 heteroatoms. The maximum absolute atomic E-state index is 13.2. The predicted molar refractivity (Wildman–Crippen MR) is 135 cm³/mol. The molecule has 1 atom stereocenters. The Balaban J connectivity index is 1.67. The Kier molecular flexibility index (Phi) is 9.25. The number of pyridine rings is 1. The average Bonchev–Trinajstić information content (AvgIpc) is 3.26. The van der Waals surface area contributed by atoms with E-state index >= 15 is 0 Å². The molecule has 1 aliphatic rings. The number of hydrogen-bond acceptors (Lipinski definition) is 7. The van der Waals surface area contributed by atoms with E-state index in [0.29, 0.717) is 25.6 Å². The monoisotopic (exact) mass is 481 g/mol. The van der Waals surface area contributed by atoms with Crippen LogP contribution in [0.1, 0.15) is 39.7 Å². The van der Waals surface area contributed by atoms with Crippen molar-refractivity contribution in [3.63, 3.8) is 0 Å². The molecule has 0 N–H and O–H groups in total. The second kappa shape index (κ2) is 12.4. The zero-order valence-corrected chi connectivity index (χ0v) is 21.0. The van der Waals surface area contributed by atoms with Crippen molar-refractivity contribution in [3.05, 3.63) is 60.3 Å². The first kappa shape index (κ1) is 26.2. The van der Waals surface area contributed by atoms with E-state index in [4.69, 9.17) is 14.2 Å². The Morgan fingerprint density at radius 2 is 1.94 bits per heavy atom. The van der Waals surface area contributed by atoms with E-state index in [1.54, 1.807) is 30.2 Å². The maximum Gasteiger partial charge on any atom is 0.416 e. The Bertz CT molecular complexity index is 986. The van der Waals surface area contributed by atoms with Crippen molar-refractivity contribution in [2.24, 2.45) is 0 Å². The molecule has 1 saturated heterocycles. The van der Waals surface area contributed by atoms with Gasteiger partial charge >= 0.3 is 12.1 Å². The van der Waals surface area contributed by atoms with Crippen LogP contribution in [0.5, 0.6) is 5.75 Å². The number of para-hydroxylation sites is 1. The molecule has 0 radical (unpaired) electrons. The molecule has 0 spiro atoms. The number of esters is 1. The fraction of sp³-hybridized carbons (Fsp3) is 0.444. The summed E-state index contributed by atoms with van der Waals surface area (Å²) in [5.74, 6) is 0.953. The molecule has 35 heavy (non-hydrogen) atoms. The molecule has 1 amide bonds. The zero-order chi connectivity index (χ0) is 25.3. The Morgan fingerprint density at radius 1 is 1.17 bits per heavy atom. The summed E-state index contributed by atoms with van der Waals surface area (Å²) in [6.07, 6.45) is 5.00. The van der Waals surface area contributed by atoms with Gasteiger partial charge in [-0.15, -0.1) is 0 Å². The number of ether oxygens (including phenoxy) is 3. The first-order chi connectivity index (χ1) is 16.7. The summed E-state index contributed by atoms with van der Waals surface area (Å²) >= 11 is 0. The van der Waals surface area contributed by atoms with Crippen molar-refractivity contribution in [3.8, 4) is 5.75 Å². The SMILES string of the molecule is CCOC(=O)C=Cc1ccc(N(C(=O)OC(C)(C)C)[C@@H]2CCN(CCOc3ccccc3)C2)nc1. The normalized spacial score (nSPS) is 16.3. The van der Waals surface area contributed by atoms with Crippen LogP contribution in [0.2, 0.25) is 0 Å². The van der Waals surface area contributed by atoms with Gasteiger partial charge in [-0.2, -0.15) is 0 Å². The summed E-state index contributed by atoms with van der Waals surface area (Å²) in [5, 5.41) is 0. The highest BCUT2D eigenvalue weighted by molar-refractivity contribution is 5.88. The molecule has 1 fully saturated rings. The van der Waals surface area contributed by atoms with Gasteiger partial charge in [0.15, 0.2) is 0 Å². The van der Waals surface area contributed by atoms with Gasteiger partial charge in [-0.3, -0.25) is 9.80 Å². The number of likely N-dealkylation sites (tertiary alicyclic amines) is 1. The third kappa shape index (κ3) is 8.40. The average molecular weight is 482 g/mol. The summed E-state index contributed by atoms with van der Waals surface area (Å²) < 4.78 is 16.4. The predicted octanol–water partition coefficient (Wildman–Crippen LogP) is 4.55. The number of hydrogen-bond donors (Lipinski definition) is 0. The van der Waals surface area contributed by atoms with Crippen molar-refractivity contribution in [1.29, 1.82) is 0 Å². The van der Waals surface area contributed by atoms with Crippen LogP contribution in [-0.2, 0) is 14.3 Å². The van der Waals surface area contributed by atoms with Crippen molar-refractivity contribution in [2.75, 3.05) is 37.7 Å². The van der Waals surface area contributed by atoms with E-state index < -0.39 is 17.7 Å². The summed E-state index contributed by atoms with van der Waals surface area (Å²) in [6.45, 7) is 10.5. The van der Waals surface area contributed by atoms with Crippen LogP contribution in [-0.4, -0.2) is 66.4 Å². The van der Waals surface area contributed by atoms with Crippen LogP contribution in [0.3, 0.4) is 0 Å². The molecule has 2 heterocycles.